The van der Waals surface area contributed by atoms with Gasteiger partial charge in [-0.3, -0.25) is 9.88 Å². The van der Waals surface area contributed by atoms with E-state index >= 15 is 0 Å². The van der Waals surface area contributed by atoms with Crippen molar-refractivity contribution in [2.75, 3.05) is 13.1 Å². The molecule has 5 nitrogen and oxygen atoms in total. The van der Waals surface area contributed by atoms with Gasteiger partial charge in [0.25, 0.3) is 0 Å². The molecule has 0 unspecified atom stereocenters. The van der Waals surface area contributed by atoms with E-state index in [1.807, 2.05) is 13.0 Å². The minimum absolute atomic E-state index is 0.0315. The monoisotopic (exact) mass is 466 g/mol. The Morgan fingerprint density at radius 2 is 1.97 bits per heavy atom. The minimum atomic E-state index is -0.982. The van der Waals surface area contributed by atoms with Crippen molar-refractivity contribution in [3.63, 3.8) is 0 Å². The number of aromatic hydroxyl groups is 1. The maximum atomic E-state index is 13.0. The molecule has 5 aliphatic rings. The zero-order valence-corrected chi connectivity index (χ0v) is 20.0. The standard InChI is InChI=1S/C30H30N2O3/c1-17-13-21(19-5-3-2-4-6-19)22-15-30(34)24-14-20-9-10-23(33)27-25(20)29(30,28(35-27)26(22)31-17)11-12-32(24)16-18-7-8-18/h2-6,9-10,13,18,24,28,33-34H,7-8,11-12,14-16H2,1H3/t24-,28+,29+,30-/m1/s1. The first-order chi connectivity index (χ1) is 17.0. The summed E-state index contributed by atoms with van der Waals surface area (Å²) in [5, 5.41) is 23.8. The van der Waals surface area contributed by atoms with Gasteiger partial charge in [0.05, 0.1) is 16.7 Å². The molecule has 0 radical (unpaired) electrons. The van der Waals surface area contributed by atoms with Gasteiger partial charge in [0.2, 0.25) is 0 Å². The number of likely N-dealkylation sites (tertiary alicyclic amines) is 1. The van der Waals surface area contributed by atoms with E-state index in [4.69, 9.17) is 9.72 Å². The van der Waals surface area contributed by atoms with Gasteiger partial charge in [-0.1, -0.05) is 36.4 Å². The molecule has 35 heavy (non-hydrogen) atoms. The number of piperidine rings is 1. The fourth-order valence-electron chi connectivity index (χ4n) is 7.92. The fraction of sp³-hybridized carbons (Fsp3) is 0.433. The van der Waals surface area contributed by atoms with E-state index in [1.54, 1.807) is 6.07 Å². The van der Waals surface area contributed by atoms with Crippen molar-refractivity contribution < 1.29 is 14.9 Å². The van der Waals surface area contributed by atoms with Crippen LogP contribution in [0.2, 0.25) is 0 Å². The van der Waals surface area contributed by atoms with Gasteiger partial charge in [-0.25, -0.2) is 0 Å². The number of hydrogen-bond acceptors (Lipinski definition) is 5. The Bertz CT molecular complexity index is 1380. The van der Waals surface area contributed by atoms with E-state index in [0.29, 0.717) is 12.2 Å². The SMILES string of the molecule is Cc1cc(-c2ccccc2)c2c(n1)[C@@H]1Oc3c(O)ccc4c3[C@@]13CCN(CC1CC1)[C@H](C4)[C@]3(O)C2. The topological polar surface area (TPSA) is 65.8 Å². The summed E-state index contributed by atoms with van der Waals surface area (Å²) in [4.78, 5) is 7.63. The van der Waals surface area contributed by atoms with Gasteiger partial charge in [0, 0.05) is 30.3 Å². The molecule has 2 aliphatic heterocycles. The Morgan fingerprint density at radius 1 is 1.14 bits per heavy atom. The van der Waals surface area contributed by atoms with E-state index in [9.17, 15) is 10.2 Å². The van der Waals surface area contributed by atoms with Crippen LogP contribution >= 0.6 is 0 Å². The van der Waals surface area contributed by atoms with E-state index in [0.717, 1.165) is 65.5 Å². The third kappa shape index (κ3) is 2.48. The smallest absolute Gasteiger partial charge is 0.166 e. The number of aromatic nitrogens is 1. The number of nitrogens with zero attached hydrogens (tertiary/aromatic N) is 2. The van der Waals surface area contributed by atoms with Gasteiger partial charge in [0.15, 0.2) is 17.6 Å². The quantitative estimate of drug-likeness (QED) is 0.597. The number of rotatable bonds is 3. The van der Waals surface area contributed by atoms with E-state index in [1.165, 1.54) is 18.4 Å². The molecule has 3 aliphatic carbocycles. The van der Waals surface area contributed by atoms with Crippen LogP contribution in [-0.4, -0.2) is 44.8 Å². The highest BCUT2D eigenvalue weighted by Gasteiger charge is 2.73. The highest BCUT2D eigenvalue weighted by Crippen LogP contribution is 2.69. The molecule has 1 saturated carbocycles. The summed E-state index contributed by atoms with van der Waals surface area (Å²) < 4.78 is 6.68. The number of phenols is 1. The van der Waals surface area contributed by atoms with Crippen LogP contribution in [0.15, 0.2) is 48.5 Å². The van der Waals surface area contributed by atoms with E-state index in [-0.39, 0.29) is 11.8 Å². The third-order valence-electron chi connectivity index (χ3n) is 9.58. The number of hydrogen-bond donors (Lipinski definition) is 2. The number of ether oxygens (including phenoxy) is 1. The Balaban J connectivity index is 1.40. The number of aryl methyl sites for hydroxylation is 1. The molecule has 4 atom stereocenters. The molecule has 2 N–H and O–H groups in total. The molecule has 178 valence electrons. The number of benzene rings is 2. The van der Waals surface area contributed by atoms with Gasteiger partial charge in [-0.05, 0) is 79.5 Å². The van der Waals surface area contributed by atoms with Crippen molar-refractivity contribution in [2.24, 2.45) is 5.92 Å². The second-order valence-electron chi connectivity index (χ2n) is 11.5. The molecule has 2 aromatic carbocycles. The van der Waals surface area contributed by atoms with Gasteiger partial charge in [0.1, 0.15) is 0 Å². The third-order valence-corrected chi connectivity index (χ3v) is 9.58. The van der Waals surface area contributed by atoms with Crippen LogP contribution in [0.5, 0.6) is 11.5 Å². The molecule has 1 saturated heterocycles. The number of pyridine rings is 1. The molecule has 1 spiro atoms. The lowest BCUT2D eigenvalue weighted by Crippen LogP contribution is -2.74. The summed E-state index contributed by atoms with van der Waals surface area (Å²) >= 11 is 0. The molecule has 2 bridgehead atoms. The Labute approximate surface area is 205 Å². The van der Waals surface area contributed by atoms with Crippen molar-refractivity contribution in [3.8, 4) is 22.6 Å². The van der Waals surface area contributed by atoms with Crippen molar-refractivity contribution >= 4 is 0 Å². The summed E-state index contributed by atoms with van der Waals surface area (Å²) in [7, 11) is 0. The second kappa shape index (κ2) is 6.65. The van der Waals surface area contributed by atoms with Crippen LogP contribution in [0.1, 0.15) is 53.4 Å². The summed E-state index contributed by atoms with van der Waals surface area (Å²) in [6.45, 7) is 4.06. The highest BCUT2D eigenvalue weighted by molar-refractivity contribution is 5.72. The van der Waals surface area contributed by atoms with E-state index in [2.05, 4.69) is 41.3 Å². The van der Waals surface area contributed by atoms with Crippen molar-refractivity contribution in [3.05, 3.63) is 76.6 Å². The van der Waals surface area contributed by atoms with Crippen LogP contribution in [0, 0.1) is 12.8 Å². The van der Waals surface area contributed by atoms with Crippen molar-refractivity contribution in [1.82, 2.24) is 9.88 Å². The predicted molar refractivity (Wildman–Crippen MR) is 133 cm³/mol. The first-order valence-electron chi connectivity index (χ1n) is 13.0. The average Bonchev–Trinajstić information content (AvgIpc) is 3.59. The molecule has 1 aromatic heterocycles. The zero-order valence-electron chi connectivity index (χ0n) is 20.0. The van der Waals surface area contributed by atoms with Gasteiger partial charge in [-0.15, -0.1) is 0 Å². The largest absolute Gasteiger partial charge is 0.504 e. The summed E-state index contributed by atoms with van der Waals surface area (Å²) in [5.74, 6) is 1.50. The van der Waals surface area contributed by atoms with Crippen molar-refractivity contribution in [1.29, 1.82) is 0 Å². The van der Waals surface area contributed by atoms with E-state index < -0.39 is 17.1 Å². The first kappa shape index (κ1) is 20.3. The van der Waals surface area contributed by atoms with Crippen LogP contribution in [0.4, 0.5) is 0 Å². The van der Waals surface area contributed by atoms with Crippen LogP contribution in [0.3, 0.4) is 0 Å². The van der Waals surface area contributed by atoms with Crippen LogP contribution < -0.4 is 4.74 Å². The average molecular weight is 467 g/mol. The summed E-state index contributed by atoms with van der Waals surface area (Å²) in [6, 6.07) is 16.5. The van der Waals surface area contributed by atoms with Crippen LogP contribution in [-0.2, 0) is 18.3 Å². The lowest BCUT2D eigenvalue weighted by molar-refractivity contribution is -0.173. The van der Waals surface area contributed by atoms with Gasteiger partial charge < -0.3 is 14.9 Å². The normalized spacial score (nSPS) is 32.1. The second-order valence-corrected chi connectivity index (χ2v) is 11.5. The maximum Gasteiger partial charge on any atom is 0.166 e. The molecule has 5 heteroatoms. The lowest BCUT2D eigenvalue weighted by atomic mass is 9.48. The number of fused-ring (bicyclic) bond motifs is 2. The highest BCUT2D eigenvalue weighted by atomic mass is 16.5. The summed E-state index contributed by atoms with van der Waals surface area (Å²) in [5.41, 5.74) is 5.96. The molecule has 8 rings (SSSR count). The first-order valence-corrected chi connectivity index (χ1v) is 13.0. The molecule has 3 heterocycles. The molecular weight excluding hydrogens is 436 g/mol. The molecule has 3 aromatic rings. The van der Waals surface area contributed by atoms with Crippen molar-refractivity contribution in [2.45, 2.75) is 62.2 Å². The molecule has 0 amide bonds. The molecular formula is C30H30N2O3. The number of aliphatic hydroxyl groups is 1. The molecule has 2 fully saturated rings. The van der Waals surface area contributed by atoms with Gasteiger partial charge >= 0.3 is 0 Å². The van der Waals surface area contributed by atoms with Gasteiger partial charge in [-0.2, -0.15) is 0 Å². The Kier molecular flexibility index (Phi) is 3.86. The Hall–Kier alpha value is -2.89. The summed E-state index contributed by atoms with van der Waals surface area (Å²) in [6.07, 6.45) is 4.37. The zero-order chi connectivity index (χ0) is 23.5. The van der Waals surface area contributed by atoms with Crippen LogP contribution in [0.25, 0.3) is 11.1 Å². The predicted octanol–water partition coefficient (Wildman–Crippen LogP) is 4.46. The lowest BCUT2D eigenvalue weighted by Gasteiger charge is -2.63. The maximum absolute atomic E-state index is 13.0. The number of phenolic OH excluding ortho intramolecular Hbond substituents is 1. The minimum Gasteiger partial charge on any atom is -0.504 e. The Morgan fingerprint density at radius 3 is 2.77 bits per heavy atom. The fourth-order valence-corrected chi connectivity index (χ4v) is 7.92.